The molecule has 94 valence electrons. The largest absolute Gasteiger partial charge is 0.227 e. The van der Waals surface area contributed by atoms with E-state index in [2.05, 4.69) is 45.0 Å². The van der Waals surface area contributed by atoms with E-state index < -0.39 is 0 Å². The summed E-state index contributed by atoms with van der Waals surface area (Å²) >= 11 is 5.03. The van der Waals surface area contributed by atoms with Crippen LogP contribution in [-0.4, -0.2) is 11.2 Å². The topological polar surface area (TPSA) is 25.2 Å². The van der Waals surface area contributed by atoms with E-state index >= 15 is 0 Å². The van der Waals surface area contributed by atoms with Gasteiger partial charge in [0.25, 0.3) is 0 Å². The molecule has 0 atom stereocenters. The number of benzene rings is 2. The molecule has 0 aliphatic carbocycles. The van der Waals surface area contributed by atoms with Gasteiger partial charge in [0.1, 0.15) is 0 Å². The van der Waals surface area contributed by atoms with E-state index in [0.717, 1.165) is 20.7 Å². The Morgan fingerprint density at radius 1 is 1.16 bits per heavy atom. The van der Waals surface area contributed by atoms with Crippen LogP contribution in [0, 0.1) is 6.92 Å². The average molecular weight is 331 g/mol. The summed E-state index contributed by atoms with van der Waals surface area (Å²) in [6.07, 6.45) is 1.84. The molecule has 19 heavy (non-hydrogen) atoms. The van der Waals surface area contributed by atoms with E-state index in [1.807, 2.05) is 36.5 Å². The third-order valence-electron chi connectivity index (χ3n) is 2.73. The van der Waals surface area contributed by atoms with Gasteiger partial charge in [0, 0.05) is 10.7 Å². The molecule has 2 aromatic carbocycles. The maximum absolute atomic E-state index is 4.50. The molecule has 1 heterocycles. The minimum Gasteiger partial charge on any atom is -0.227 e. The first-order valence-electron chi connectivity index (χ1n) is 5.87. The van der Waals surface area contributed by atoms with Crippen molar-refractivity contribution in [2.24, 2.45) is 4.99 Å². The summed E-state index contributed by atoms with van der Waals surface area (Å²) in [4.78, 5) is 8.94. The molecule has 3 rings (SSSR count). The lowest BCUT2D eigenvalue weighted by Gasteiger charge is -1.91. The van der Waals surface area contributed by atoms with Gasteiger partial charge >= 0.3 is 0 Å². The van der Waals surface area contributed by atoms with Crippen molar-refractivity contribution >= 4 is 48.8 Å². The molecule has 0 aliphatic rings. The van der Waals surface area contributed by atoms with Crippen LogP contribution in [0.4, 0.5) is 5.13 Å². The molecule has 3 aromatic rings. The fourth-order valence-electron chi connectivity index (χ4n) is 1.75. The second-order valence-corrected chi connectivity index (χ2v) is 6.20. The molecule has 0 aliphatic heterocycles. The van der Waals surface area contributed by atoms with Gasteiger partial charge in [-0.05, 0) is 42.3 Å². The Bertz CT molecular complexity index is 744. The van der Waals surface area contributed by atoms with Gasteiger partial charge in [0.15, 0.2) is 0 Å². The lowest BCUT2D eigenvalue weighted by Crippen LogP contribution is -1.78. The zero-order chi connectivity index (χ0) is 13.2. The first-order valence-corrected chi connectivity index (χ1v) is 7.48. The van der Waals surface area contributed by atoms with Crippen molar-refractivity contribution in [2.75, 3.05) is 0 Å². The van der Waals surface area contributed by atoms with Crippen LogP contribution >= 0.6 is 27.3 Å². The average Bonchev–Trinajstić information content (AvgIpc) is 2.80. The van der Waals surface area contributed by atoms with Crippen LogP contribution in [0.15, 0.2) is 51.9 Å². The monoisotopic (exact) mass is 330 g/mol. The zero-order valence-electron chi connectivity index (χ0n) is 10.3. The molecule has 0 spiro atoms. The van der Waals surface area contributed by atoms with Crippen molar-refractivity contribution in [2.45, 2.75) is 6.92 Å². The van der Waals surface area contributed by atoms with E-state index in [4.69, 9.17) is 0 Å². The van der Waals surface area contributed by atoms with Crippen LogP contribution in [0.3, 0.4) is 0 Å². The van der Waals surface area contributed by atoms with Gasteiger partial charge < -0.3 is 0 Å². The van der Waals surface area contributed by atoms with E-state index in [0.29, 0.717) is 0 Å². The Balaban J connectivity index is 1.90. The van der Waals surface area contributed by atoms with E-state index in [1.165, 1.54) is 10.3 Å². The summed E-state index contributed by atoms with van der Waals surface area (Å²) < 4.78 is 2.25. The molecule has 0 N–H and O–H groups in total. The number of nitrogens with zero attached hydrogens (tertiary/aromatic N) is 2. The highest BCUT2D eigenvalue weighted by atomic mass is 79.9. The molecule has 0 bridgehead atoms. The normalized spacial score (nSPS) is 11.5. The molecular formula is C15H11BrN2S. The maximum atomic E-state index is 4.50. The quantitative estimate of drug-likeness (QED) is 0.599. The summed E-state index contributed by atoms with van der Waals surface area (Å²) in [5.74, 6) is 0. The maximum Gasteiger partial charge on any atom is 0.210 e. The first-order chi connectivity index (χ1) is 9.20. The van der Waals surface area contributed by atoms with E-state index in [9.17, 15) is 0 Å². The van der Waals surface area contributed by atoms with Crippen LogP contribution in [0.5, 0.6) is 0 Å². The number of rotatable bonds is 2. The van der Waals surface area contributed by atoms with Crippen molar-refractivity contribution in [1.82, 2.24) is 4.98 Å². The number of aromatic nitrogens is 1. The standard InChI is InChI=1S/C15H11BrN2S/c1-10-2-7-13-14(8-10)19-15(18-13)17-9-11-3-5-12(16)6-4-11/h2-9H,1H3. The van der Waals surface area contributed by atoms with Gasteiger partial charge in [0.05, 0.1) is 10.2 Å². The van der Waals surface area contributed by atoms with Crippen LogP contribution in [0.1, 0.15) is 11.1 Å². The van der Waals surface area contributed by atoms with Crippen LogP contribution in [0.25, 0.3) is 10.2 Å². The highest BCUT2D eigenvalue weighted by molar-refractivity contribution is 9.10. The summed E-state index contributed by atoms with van der Waals surface area (Å²) in [6.45, 7) is 2.09. The third kappa shape index (κ3) is 2.91. The lowest BCUT2D eigenvalue weighted by molar-refractivity contribution is 1.40. The van der Waals surface area contributed by atoms with Crippen molar-refractivity contribution in [3.63, 3.8) is 0 Å². The minimum atomic E-state index is 0.795. The molecule has 0 radical (unpaired) electrons. The van der Waals surface area contributed by atoms with Gasteiger partial charge in [-0.25, -0.2) is 9.98 Å². The number of thiazole rings is 1. The number of aryl methyl sites for hydroxylation is 1. The van der Waals surface area contributed by atoms with Crippen molar-refractivity contribution in [3.05, 3.63) is 58.1 Å². The Hall–Kier alpha value is -1.52. The van der Waals surface area contributed by atoms with E-state index in [-0.39, 0.29) is 0 Å². The fourth-order valence-corrected chi connectivity index (χ4v) is 2.93. The minimum absolute atomic E-state index is 0.795. The first kappa shape index (κ1) is 12.5. The molecule has 0 saturated heterocycles. The van der Waals surface area contributed by atoms with Crippen molar-refractivity contribution in [1.29, 1.82) is 0 Å². The smallest absolute Gasteiger partial charge is 0.210 e. The number of halogens is 1. The Labute approximate surface area is 124 Å². The van der Waals surface area contributed by atoms with Gasteiger partial charge in [0.2, 0.25) is 5.13 Å². The summed E-state index contributed by atoms with van der Waals surface area (Å²) in [5.41, 5.74) is 3.33. The molecule has 2 nitrogen and oxygen atoms in total. The lowest BCUT2D eigenvalue weighted by atomic mass is 10.2. The molecule has 0 fully saturated rings. The number of fused-ring (bicyclic) bond motifs is 1. The molecule has 0 saturated carbocycles. The van der Waals surface area contributed by atoms with Crippen molar-refractivity contribution < 1.29 is 0 Å². The second kappa shape index (κ2) is 5.23. The SMILES string of the molecule is Cc1ccc2nc(N=Cc3ccc(Br)cc3)sc2c1. The fraction of sp³-hybridized carbons (Fsp3) is 0.0667. The summed E-state index contributed by atoms with van der Waals surface area (Å²) in [7, 11) is 0. The molecule has 0 unspecified atom stereocenters. The third-order valence-corrected chi connectivity index (χ3v) is 4.18. The van der Waals surface area contributed by atoms with Crippen LogP contribution < -0.4 is 0 Å². The number of aliphatic imine (C=N–C) groups is 1. The highest BCUT2D eigenvalue weighted by Gasteiger charge is 2.01. The molecule has 4 heteroatoms. The number of hydrogen-bond acceptors (Lipinski definition) is 3. The van der Waals surface area contributed by atoms with E-state index in [1.54, 1.807) is 11.3 Å². The molecule has 0 amide bonds. The van der Waals surface area contributed by atoms with Gasteiger partial charge in [-0.1, -0.05) is 45.5 Å². The summed E-state index contributed by atoms with van der Waals surface area (Å²) in [6, 6.07) is 14.3. The van der Waals surface area contributed by atoms with Crippen molar-refractivity contribution in [3.8, 4) is 0 Å². The molecule has 1 aromatic heterocycles. The van der Waals surface area contributed by atoms with Crippen LogP contribution in [0.2, 0.25) is 0 Å². The zero-order valence-corrected chi connectivity index (χ0v) is 12.7. The Kier molecular flexibility index (Phi) is 3.44. The molecular weight excluding hydrogens is 320 g/mol. The summed E-state index contributed by atoms with van der Waals surface area (Å²) in [5, 5.41) is 0.795. The predicted octanol–water partition coefficient (Wildman–Crippen LogP) is 5.12. The number of hydrogen-bond donors (Lipinski definition) is 0. The Morgan fingerprint density at radius 3 is 2.74 bits per heavy atom. The van der Waals surface area contributed by atoms with Crippen LogP contribution in [-0.2, 0) is 0 Å². The van der Waals surface area contributed by atoms with Gasteiger partial charge in [-0.15, -0.1) is 0 Å². The second-order valence-electron chi connectivity index (χ2n) is 4.28. The highest BCUT2D eigenvalue weighted by Crippen LogP contribution is 2.28. The van der Waals surface area contributed by atoms with Gasteiger partial charge in [-0.3, -0.25) is 0 Å². The Morgan fingerprint density at radius 2 is 1.95 bits per heavy atom. The predicted molar refractivity (Wildman–Crippen MR) is 85.8 cm³/mol. The van der Waals surface area contributed by atoms with Gasteiger partial charge in [-0.2, -0.15) is 0 Å².